The lowest BCUT2D eigenvalue weighted by Crippen LogP contribution is -2.39. The highest BCUT2D eigenvalue weighted by atomic mass is 32.2. The van der Waals surface area contributed by atoms with Crippen LogP contribution in [-0.2, 0) is 10.5 Å². The molecule has 6 heteroatoms. The number of ketones is 1. The van der Waals surface area contributed by atoms with Gasteiger partial charge in [-0.1, -0.05) is 47.5 Å². The van der Waals surface area contributed by atoms with E-state index in [4.69, 9.17) is 5.73 Å². The number of hydrogen-bond donors (Lipinski definition) is 1. The van der Waals surface area contributed by atoms with Gasteiger partial charge in [0, 0.05) is 28.3 Å². The third-order valence-corrected chi connectivity index (χ3v) is 8.49. The molecule has 0 spiro atoms. The van der Waals surface area contributed by atoms with Crippen molar-refractivity contribution in [2.24, 2.45) is 5.73 Å². The average Bonchev–Trinajstić information content (AvgIpc) is 2.90. The number of nitrogens with two attached hydrogens (primary N) is 1. The van der Waals surface area contributed by atoms with Gasteiger partial charge in [-0.05, 0) is 74.6 Å². The number of Topliss-reactive ketones (excluding diaryl/α,β-unsaturated/α-hetero) is 1. The topological polar surface area (TPSA) is 70.1 Å². The lowest BCUT2D eigenvalue weighted by atomic mass is 9.73. The zero-order chi connectivity index (χ0) is 27.0. The van der Waals surface area contributed by atoms with Crippen molar-refractivity contribution in [2.75, 3.05) is 4.90 Å². The van der Waals surface area contributed by atoms with Gasteiger partial charge in [-0.2, -0.15) is 5.26 Å². The molecule has 1 unspecified atom stereocenters. The van der Waals surface area contributed by atoms with E-state index in [1.165, 1.54) is 16.5 Å². The fourth-order valence-corrected chi connectivity index (χ4v) is 6.47. The van der Waals surface area contributed by atoms with Gasteiger partial charge in [0.1, 0.15) is 11.6 Å². The maximum Gasteiger partial charge on any atom is 0.161 e. The molecular formula is C32H30FN3OS. The van der Waals surface area contributed by atoms with E-state index in [9.17, 15) is 14.4 Å². The number of carbonyl (C=O) groups is 1. The predicted molar refractivity (Wildman–Crippen MR) is 151 cm³/mol. The predicted octanol–water partition coefficient (Wildman–Crippen LogP) is 7.35. The van der Waals surface area contributed by atoms with Gasteiger partial charge in [0.05, 0.1) is 23.2 Å². The summed E-state index contributed by atoms with van der Waals surface area (Å²) in [6.45, 7) is 6.17. The van der Waals surface area contributed by atoms with Crippen molar-refractivity contribution in [3.05, 3.63) is 117 Å². The number of benzene rings is 3. The van der Waals surface area contributed by atoms with E-state index in [2.05, 4.69) is 56.3 Å². The number of para-hydroxylation sites is 1. The third-order valence-electron chi connectivity index (χ3n) is 7.43. The molecule has 38 heavy (non-hydrogen) atoms. The van der Waals surface area contributed by atoms with Crippen molar-refractivity contribution < 1.29 is 9.18 Å². The molecule has 0 saturated carbocycles. The lowest BCUT2D eigenvalue weighted by Gasteiger charge is -2.40. The summed E-state index contributed by atoms with van der Waals surface area (Å²) in [7, 11) is 0. The number of allylic oxidation sites excluding steroid dienone is 3. The third kappa shape index (κ3) is 4.63. The Balaban J connectivity index is 1.64. The molecule has 1 aliphatic heterocycles. The van der Waals surface area contributed by atoms with Crippen LogP contribution in [0.4, 0.5) is 10.1 Å². The fourth-order valence-electron chi connectivity index (χ4n) is 5.51. The molecule has 0 amide bonds. The molecule has 0 saturated heterocycles. The van der Waals surface area contributed by atoms with Crippen LogP contribution in [0.5, 0.6) is 0 Å². The Morgan fingerprint density at radius 2 is 1.79 bits per heavy atom. The Labute approximate surface area is 227 Å². The van der Waals surface area contributed by atoms with E-state index in [0.717, 1.165) is 28.0 Å². The molecule has 1 atom stereocenters. The number of rotatable bonds is 5. The second-order valence-electron chi connectivity index (χ2n) is 10.0. The summed E-state index contributed by atoms with van der Waals surface area (Å²) in [6.07, 6.45) is 1.65. The van der Waals surface area contributed by atoms with Gasteiger partial charge in [0.15, 0.2) is 5.78 Å². The summed E-state index contributed by atoms with van der Waals surface area (Å²) in [5, 5.41) is 10.4. The lowest BCUT2D eigenvalue weighted by molar-refractivity contribution is -0.116. The van der Waals surface area contributed by atoms with Crippen LogP contribution in [0, 0.1) is 37.9 Å². The van der Waals surface area contributed by atoms with Crippen molar-refractivity contribution in [3.63, 3.8) is 0 Å². The van der Waals surface area contributed by atoms with Gasteiger partial charge in [0.25, 0.3) is 0 Å². The van der Waals surface area contributed by atoms with Crippen molar-refractivity contribution in [1.82, 2.24) is 0 Å². The minimum Gasteiger partial charge on any atom is -0.384 e. The molecular weight excluding hydrogens is 493 g/mol. The maximum absolute atomic E-state index is 15.0. The first-order valence-corrected chi connectivity index (χ1v) is 13.8. The second-order valence-corrected chi connectivity index (χ2v) is 11.1. The summed E-state index contributed by atoms with van der Waals surface area (Å²) in [6, 6.07) is 21.4. The van der Waals surface area contributed by atoms with E-state index < -0.39 is 11.7 Å². The van der Waals surface area contributed by atoms with Crippen LogP contribution >= 0.6 is 11.8 Å². The molecule has 0 fully saturated rings. The SMILES string of the molecule is Cc1ccc(SCc2cc(C)cc(C3C(C#N)=C(N)N(c4ccccc4F)C4=C3C(=O)CCC4)c2C)cc1. The Kier molecular flexibility index (Phi) is 7.14. The van der Waals surface area contributed by atoms with E-state index in [0.29, 0.717) is 30.5 Å². The molecule has 5 rings (SSSR count). The molecule has 3 aromatic carbocycles. The largest absolute Gasteiger partial charge is 0.384 e. The van der Waals surface area contributed by atoms with Crippen LogP contribution in [0.1, 0.15) is 53.0 Å². The summed E-state index contributed by atoms with van der Waals surface area (Å²) in [5.41, 5.74) is 13.9. The molecule has 1 aliphatic carbocycles. The van der Waals surface area contributed by atoms with Gasteiger partial charge in [-0.3, -0.25) is 9.69 Å². The molecule has 0 bridgehead atoms. The molecule has 2 N–H and O–H groups in total. The molecule has 0 aromatic heterocycles. The number of thioether (sulfide) groups is 1. The standard InChI is InChI=1S/C32H30FN3OS/c1-19-11-13-23(14-12-19)38-18-22-15-20(2)16-24(21(22)3)30-25(17-34)32(35)36(27-8-5-4-7-26(27)33)28-9-6-10-29(37)31(28)30/h4-5,7-8,11-16,30H,6,9-10,18,35H2,1-3H3. The van der Waals surface area contributed by atoms with E-state index in [1.54, 1.807) is 34.9 Å². The first-order chi connectivity index (χ1) is 18.3. The van der Waals surface area contributed by atoms with E-state index in [-0.39, 0.29) is 22.9 Å². The van der Waals surface area contributed by atoms with Crippen molar-refractivity contribution in [1.29, 1.82) is 5.26 Å². The zero-order valence-electron chi connectivity index (χ0n) is 21.8. The summed E-state index contributed by atoms with van der Waals surface area (Å²) in [5.74, 6) is -0.0765. The second kappa shape index (κ2) is 10.5. The van der Waals surface area contributed by atoms with Crippen molar-refractivity contribution >= 4 is 23.2 Å². The van der Waals surface area contributed by atoms with Crippen molar-refractivity contribution in [2.45, 2.75) is 56.6 Å². The van der Waals surface area contributed by atoms with Crippen LogP contribution in [-0.4, -0.2) is 5.78 Å². The Morgan fingerprint density at radius 1 is 1.05 bits per heavy atom. The summed E-state index contributed by atoms with van der Waals surface area (Å²) in [4.78, 5) is 16.3. The maximum atomic E-state index is 15.0. The van der Waals surface area contributed by atoms with Crippen LogP contribution in [0.15, 0.2) is 88.2 Å². The van der Waals surface area contributed by atoms with Gasteiger partial charge >= 0.3 is 0 Å². The number of aryl methyl sites for hydroxylation is 2. The summed E-state index contributed by atoms with van der Waals surface area (Å²) >= 11 is 1.76. The Morgan fingerprint density at radius 3 is 2.50 bits per heavy atom. The minimum atomic E-state index is -0.575. The minimum absolute atomic E-state index is 0.00525. The molecule has 2 aliphatic rings. The number of hydrogen-bond acceptors (Lipinski definition) is 5. The fraction of sp³-hybridized carbons (Fsp3) is 0.250. The number of anilines is 1. The zero-order valence-corrected chi connectivity index (χ0v) is 22.7. The van der Waals surface area contributed by atoms with Gasteiger partial charge in [-0.25, -0.2) is 4.39 Å². The normalized spacial score (nSPS) is 17.5. The van der Waals surface area contributed by atoms with Crippen LogP contribution in [0.3, 0.4) is 0 Å². The number of halogens is 1. The smallest absolute Gasteiger partial charge is 0.161 e. The highest BCUT2D eigenvalue weighted by Crippen LogP contribution is 2.48. The Bertz CT molecular complexity index is 1530. The van der Waals surface area contributed by atoms with Crippen LogP contribution in [0.25, 0.3) is 0 Å². The summed E-state index contributed by atoms with van der Waals surface area (Å²) < 4.78 is 15.0. The average molecular weight is 524 g/mol. The first-order valence-electron chi connectivity index (χ1n) is 12.8. The van der Waals surface area contributed by atoms with E-state index in [1.807, 2.05) is 6.92 Å². The molecule has 192 valence electrons. The molecule has 3 aromatic rings. The number of carbonyl (C=O) groups excluding carboxylic acids is 1. The Hall–Kier alpha value is -3.82. The van der Waals surface area contributed by atoms with Gasteiger partial charge in [-0.15, -0.1) is 11.8 Å². The monoisotopic (exact) mass is 523 g/mol. The van der Waals surface area contributed by atoms with E-state index >= 15 is 0 Å². The van der Waals surface area contributed by atoms with Crippen molar-refractivity contribution in [3.8, 4) is 6.07 Å². The number of nitrogens with zero attached hydrogens (tertiary/aromatic N) is 2. The first kappa shape index (κ1) is 25.8. The highest BCUT2D eigenvalue weighted by molar-refractivity contribution is 7.98. The van der Waals surface area contributed by atoms with Gasteiger partial charge in [0.2, 0.25) is 0 Å². The van der Waals surface area contributed by atoms with Crippen LogP contribution in [0.2, 0.25) is 0 Å². The quantitative estimate of drug-likeness (QED) is 0.354. The molecule has 4 nitrogen and oxygen atoms in total. The van der Waals surface area contributed by atoms with Gasteiger partial charge < -0.3 is 5.73 Å². The molecule has 0 radical (unpaired) electrons. The number of nitriles is 1. The van der Waals surface area contributed by atoms with Crippen LogP contribution < -0.4 is 10.6 Å². The highest BCUT2D eigenvalue weighted by Gasteiger charge is 2.41. The molecule has 1 heterocycles.